The Labute approximate surface area is 184 Å². The summed E-state index contributed by atoms with van der Waals surface area (Å²) >= 11 is 3.46. The fraction of sp³-hybridized carbons (Fsp3) is 0.136. The van der Waals surface area contributed by atoms with Gasteiger partial charge in [0.05, 0.1) is 11.6 Å². The largest absolute Gasteiger partial charge is 0.496 e. The maximum atomic E-state index is 13.3. The highest BCUT2D eigenvalue weighted by atomic mass is 79.9. The highest BCUT2D eigenvalue weighted by molar-refractivity contribution is 9.10. The molecule has 2 aromatic heterocycles. The summed E-state index contributed by atoms with van der Waals surface area (Å²) in [7, 11) is 1.52. The molecule has 0 amide bonds. The summed E-state index contributed by atoms with van der Waals surface area (Å²) in [6.45, 7) is 0. The molecule has 4 rings (SSSR count). The van der Waals surface area contributed by atoms with Crippen LogP contribution in [-0.2, 0) is 11.2 Å². The molecule has 7 nitrogen and oxygen atoms in total. The van der Waals surface area contributed by atoms with Crippen molar-refractivity contribution in [2.24, 2.45) is 0 Å². The van der Waals surface area contributed by atoms with E-state index in [4.69, 9.17) is 13.9 Å². The molecule has 2 heterocycles. The highest BCUT2D eigenvalue weighted by Gasteiger charge is 2.26. The fourth-order valence-electron chi connectivity index (χ4n) is 3.14. The van der Waals surface area contributed by atoms with Crippen molar-refractivity contribution in [3.8, 4) is 23.0 Å². The van der Waals surface area contributed by atoms with E-state index in [9.17, 15) is 14.3 Å². The molecule has 0 saturated heterocycles. The molecule has 0 aliphatic carbocycles. The van der Waals surface area contributed by atoms with Gasteiger partial charge in [-0.1, -0.05) is 18.2 Å². The van der Waals surface area contributed by atoms with Crippen molar-refractivity contribution in [3.05, 3.63) is 70.7 Å². The number of nitrogens with zero attached hydrogens (tertiary/aromatic N) is 2. The summed E-state index contributed by atoms with van der Waals surface area (Å²) in [4.78, 5) is 20.1. The van der Waals surface area contributed by atoms with Crippen molar-refractivity contribution in [2.75, 3.05) is 7.11 Å². The maximum absolute atomic E-state index is 13.3. The average molecular weight is 487 g/mol. The van der Waals surface area contributed by atoms with E-state index >= 15 is 0 Å². The predicted octanol–water partition coefficient (Wildman–Crippen LogP) is 4.87. The number of fused-ring (bicyclic) bond motifs is 1. The number of aliphatic carboxylic acids is 1. The first-order valence-electron chi connectivity index (χ1n) is 9.18. The number of carbonyl (C=O) groups is 1. The molecular formula is C22H16BrFN2O5. The lowest BCUT2D eigenvalue weighted by Gasteiger charge is -2.16. The third kappa shape index (κ3) is 4.22. The number of hydrogen-bond acceptors (Lipinski definition) is 6. The lowest BCUT2D eigenvalue weighted by molar-refractivity contribution is -0.145. The molecule has 31 heavy (non-hydrogen) atoms. The molecule has 0 spiro atoms. The molecule has 158 valence electrons. The topological polar surface area (TPSA) is 94.7 Å². The first-order chi connectivity index (χ1) is 15.0. The van der Waals surface area contributed by atoms with E-state index in [0.29, 0.717) is 32.5 Å². The Hall–Kier alpha value is -3.46. The van der Waals surface area contributed by atoms with Gasteiger partial charge in [0.1, 0.15) is 23.3 Å². The maximum Gasteiger partial charge on any atom is 0.345 e. The second-order valence-electron chi connectivity index (χ2n) is 6.57. The van der Waals surface area contributed by atoms with Crippen molar-refractivity contribution in [2.45, 2.75) is 12.5 Å². The number of furan rings is 1. The summed E-state index contributed by atoms with van der Waals surface area (Å²) in [5.41, 5.74) is 1.50. The van der Waals surface area contributed by atoms with E-state index in [-0.39, 0.29) is 23.8 Å². The van der Waals surface area contributed by atoms with E-state index in [2.05, 4.69) is 25.9 Å². The van der Waals surface area contributed by atoms with Crippen LogP contribution >= 0.6 is 15.9 Å². The number of hydrogen-bond donors (Lipinski definition) is 1. The smallest absolute Gasteiger partial charge is 0.345 e. The minimum atomic E-state index is -1.23. The standard InChI is InChI=1S/C22H16BrFN2O5/c1-29-15-5-3-2-4-13(15)10-16(22(27)28)30-20-17-18(23)19(31-21(17)26-11-25-20)12-6-8-14(24)9-7-12/h2-9,11,16H,10H2,1H3,(H,27,28). The monoisotopic (exact) mass is 486 g/mol. The van der Waals surface area contributed by atoms with Crippen LogP contribution in [0.15, 0.2) is 63.7 Å². The zero-order valence-corrected chi connectivity index (χ0v) is 17.8. The Morgan fingerprint density at radius 3 is 2.65 bits per heavy atom. The number of rotatable bonds is 7. The van der Waals surface area contributed by atoms with Gasteiger partial charge in [-0.3, -0.25) is 0 Å². The minimum absolute atomic E-state index is 0.0521. The molecule has 0 fully saturated rings. The Morgan fingerprint density at radius 2 is 1.94 bits per heavy atom. The van der Waals surface area contributed by atoms with Crippen molar-refractivity contribution in [3.63, 3.8) is 0 Å². The van der Waals surface area contributed by atoms with Crippen LogP contribution in [-0.4, -0.2) is 34.3 Å². The zero-order chi connectivity index (χ0) is 22.0. The molecule has 0 aliphatic heterocycles. The van der Waals surface area contributed by atoms with Gasteiger partial charge >= 0.3 is 5.97 Å². The van der Waals surface area contributed by atoms with Crippen LogP contribution in [0.4, 0.5) is 4.39 Å². The zero-order valence-electron chi connectivity index (χ0n) is 16.2. The van der Waals surface area contributed by atoms with E-state index in [1.165, 1.54) is 25.6 Å². The predicted molar refractivity (Wildman–Crippen MR) is 114 cm³/mol. The van der Waals surface area contributed by atoms with Gasteiger partial charge in [-0.15, -0.1) is 0 Å². The quantitative estimate of drug-likeness (QED) is 0.397. The van der Waals surface area contributed by atoms with Crippen LogP contribution in [0.25, 0.3) is 22.4 Å². The van der Waals surface area contributed by atoms with Gasteiger partial charge in [-0.05, 0) is 51.8 Å². The fourth-order valence-corrected chi connectivity index (χ4v) is 3.79. The summed E-state index contributed by atoms with van der Waals surface area (Å²) in [5.74, 6) is -0.516. The molecule has 4 aromatic rings. The molecule has 0 radical (unpaired) electrons. The third-order valence-electron chi connectivity index (χ3n) is 4.63. The van der Waals surface area contributed by atoms with Gasteiger partial charge in [0.2, 0.25) is 17.7 Å². The van der Waals surface area contributed by atoms with E-state index < -0.39 is 12.1 Å². The average Bonchev–Trinajstić information content (AvgIpc) is 3.11. The van der Waals surface area contributed by atoms with Gasteiger partial charge in [0, 0.05) is 12.0 Å². The highest BCUT2D eigenvalue weighted by Crippen LogP contribution is 2.40. The Balaban J connectivity index is 1.71. The van der Waals surface area contributed by atoms with Gasteiger partial charge in [-0.25, -0.2) is 19.2 Å². The van der Waals surface area contributed by atoms with E-state index in [1.807, 2.05) is 0 Å². The van der Waals surface area contributed by atoms with Crippen LogP contribution in [0, 0.1) is 5.82 Å². The second kappa shape index (κ2) is 8.73. The van der Waals surface area contributed by atoms with Crippen molar-refractivity contribution in [1.29, 1.82) is 0 Å². The molecule has 1 unspecified atom stereocenters. The van der Waals surface area contributed by atoms with Crippen molar-refractivity contribution in [1.82, 2.24) is 9.97 Å². The number of carboxylic acid groups (broad SMARTS) is 1. The van der Waals surface area contributed by atoms with Crippen molar-refractivity contribution < 1.29 is 28.2 Å². The summed E-state index contributed by atoms with van der Waals surface area (Å²) < 4.78 is 30.6. The van der Waals surface area contributed by atoms with Crippen LogP contribution in [0.3, 0.4) is 0 Å². The molecule has 1 N–H and O–H groups in total. The number of halogens is 2. The van der Waals surface area contributed by atoms with Crippen LogP contribution in [0.5, 0.6) is 11.6 Å². The van der Waals surface area contributed by atoms with E-state index in [0.717, 1.165) is 0 Å². The molecule has 9 heteroatoms. The number of benzene rings is 2. The summed E-state index contributed by atoms with van der Waals surface area (Å²) in [5, 5.41) is 10.1. The lowest BCUT2D eigenvalue weighted by Crippen LogP contribution is -2.30. The van der Waals surface area contributed by atoms with Gasteiger partial charge in [-0.2, -0.15) is 0 Å². The normalized spacial score (nSPS) is 12.0. The van der Waals surface area contributed by atoms with Gasteiger partial charge < -0.3 is 19.0 Å². The molecule has 0 saturated carbocycles. The molecule has 0 aliphatic rings. The van der Waals surface area contributed by atoms with Crippen LogP contribution in [0.2, 0.25) is 0 Å². The van der Waals surface area contributed by atoms with Crippen LogP contribution in [0.1, 0.15) is 5.56 Å². The Kier molecular flexibility index (Phi) is 5.85. The molecule has 1 atom stereocenters. The van der Waals surface area contributed by atoms with Crippen molar-refractivity contribution >= 4 is 33.0 Å². The number of para-hydroxylation sites is 1. The minimum Gasteiger partial charge on any atom is -0.496 e. The number of carboxylic acids is 1. The summed E-state index contributed by atoms with van der Waals surface area (Å²) in [6, 6.07) is 12.9. The lowest BCUT2D eigenvalue weighted by atomic mass is 10.1. The second-order valence-corrected chi connectivity index (χ2v) is 7.36. The van der Waals surface area contributed by atoms with E-state index in [1.54, 1.807) is 36.4 Å². The number of aromatic nitrogens is 2. The number of methoxy groups -OCH3 is 1. The first kappa shape index (κ1) is 20.8. The number of ether oxygens (including phenoxy) is 2. The molecular weight excluding hydrogens is 471 g/mol. The molecule has 0 bridgehead atoms. The molecule has 2 aromatic carbocycles. The Morgan fingerprint density at radius 1 is 1.19 bits per heavy atom. The van der Waals surface area contributed by atoms with Gasteiger partial charge in [0.15, 0.2) is 5.76 Å². The van der Waals surface area contributed by atoms with Crippen LogP contribution < -0.4 is 9.47 Å². The summed E-state index contributed by atoms with van der Waals surface area (Å²) in [6.07, 6.45) is 0.0559. The Bertz CT molecular complexity index is 1240. The SMILES string of the molecule is COc1ccccc1CC(Oc1ncnc2oc(-c3ccc(F)cc3)c(Br)c12)C(=O)O. The third-order valence-corrected chi connectivity index (χ3v) is 5.39. The first-order valence-corrected chi connectivity index (χ1v) is 9.97. The van der Waals surface area contributed by atoms with Gasteiger partial charge in [0.25, 0.3) is 0 Å².